The molecule has 2 nitrogen and oxygen atoms in total. The fourth-order valence-corrected chi connectivity index (χ4v) is 0.451. The van der Waals surface area contributed by atoms with E-state index < -0.39 is 6.29 Å². The summed E-state index contributed by atoms with van der Waals surface area (Å²) in [6, 6.07) is 0. The van der Waals surface area contributed by atoms with Crippen LogP contribution >= 0.6 is 12.6 Å². The zero-order valence-electron chi connectivity index (χ0n) is 6.13. The van der Waals surface area contributed by atoms with E-state index in [1.165, 1.54) is 0 Å². The maximum absolute atomic E-state index is 9.73. The van der Waals surface area contributed by atoms with Crippen LogP contribution in [0.3, 0.4) is 0 Å². The van der Waals surface area contributed by atoms with Gasteiger partial charge in [0.25, 0.3) is 0 Å². The van der Waals surface area contributed by atoms with Crippen molar-refractivity contribution in [3.05, 3.63) is 0 Å². The molecule has 0 radical (unpaired) electrons. The first-order chi connectivity index (χ1) is 3.13. The molecule has 3 heteroatoms. The van der Waals surface area contributed by atoms with Gasteiger partial charge in [-0.25, -0.2) is 6.29 Å². The van der Waals surface area contributed by atoms with Crippen molar-refractivity contribution >= 4 is 12.6 Å². The van der Waals surface area contributed by atoms with Gasteiger partial charge in [0.15, 0.2) is 0 Å². The second-order valence-electron chi connectivity index (χ2n) is 1.51. The van der Waals surface area contributed by atoms with Gasteiger partial charge in [0.1, 0.15) is 0 Å². The van der Waals surface area contributed by atoms with Gasteiger partial charge < -0.3 is 10.2 Å². The van der Waals surface area contributed by atoms with Crippen molar-refractivity contribution in [2.75, 3.05) is 0 Å². The average molecular weight is 122 g/mol. The van der Waals surface area contributed by atoms with Gasteiger partial charge in [-0.15, -0.1) is 0 Å². The third kappa shape index (κ3) is 6.27. The summed E-state index contributed by atoms with van der Waals surface area (Å²) in [6.45, 7) is 1.73. The minimum atomic E-state index is -1.70. The lowest BCUT2D eigenvalue weighted by Crippen LogP contribution is -2.40. The Labute approximate surface area is 51.5 Å². The first kappa shape index (κ1) is 7.27. The van der Waals surface area contributed by atoms with Gasteiger partial charge in [0.05, 0.1) is 0 Å². The number of hydrogen-bond acceptors (Lipinski definition) is 3. The Morgan fingerprint density at radius 1 is 1.71 bits per heavy atom. The van der Waals surface area contributed by atoms with Crippen LogP contribution in [0.2, 0.25) is 0 Å². The first-order valence-corrected chi connectivity index (χ1v) is 2.64. The summed E-state index contributed by atoms with van der Waals surface area (Å²) in [5, 5.41) is 19.4. The number of rotatable bonds is 2. The van der Waals surface area contributed by atoms with Crippen LogP contribution in [-0.2, 0) is 0 Å². The van der Waals surface area contributed by atoms with Crippen LogP contribution in [0.1, 0.15) is 16.2 Å². The highest BCUT2D eigenvalue weighted by molar-refractivity contribution is 7.80. The normalized spacial score (nSPS) is 15.0. The van der Waals surface area contributed by atoms with Gasteiger partial charge >= 0.3 is 2.85 Å². The van der Waals surface area contributed by atoms with Crippen LogP contribution in [0, 0.1) is 0 Å². The van der Waals surface area contributed by atoms with Crippen molar-refractivity contribution in [2.45, 2.75) is 24.9 Å². The van der Waals surface area contributed by atoms with Gasteiger partial charge in [-0.05, 0) is 5.25 Å². The maximum Gasteiger partial charge on any atom is 1.00 e. The highest BCUT2D eigenvalue weighted by atomic mass is 32.1. The van der Waals surface area contributed by atoms with Gasteiger partial charge in [0.2, 0.25) is 0 Å². The van der Waals surface area contributed by atoms with E-state index in [4.69, 9.17) is 0 Å². The van der Waals surface area contributed by atoms with E-state index >= 15 is 0 Å². The van der Waals surface area contributed by atoms with Crippen molar-refractivity contribution < 1.29 is 13.1 Å². The standard InChI is InChI=1S/C4H8O2S/c1-3(7)2-4(5)6/h3-4,7H,2H2,1H3/q-2/p+2. The van der Waals surface area contributed by atoms with Crippen molar-refractivity contribution in [3.8, 4) is 0 Å². The highest BCUT2D eigenvalue weighted by Gasteiger charge is 1.86. The van der Waals surface area contributed by atoms with Crippen LogP contribution in [0.5, 0.6) is 0 Å². The summed E-state index contributed by atoms with van der Waals surface area (Å²) in [7, 11) is 0. The summed E-state index contributed by atoms with van der Waals surface area (Å²) in [6.07, 6.45) is -1.59. The molecule has 1 atom stereocenters. The summed E-state index contributed by atoms with van der Waals surface area (Å²) in [5.41, 5.74) is 0. The number of thiol groups is 1. The largest absolute Gasteiger partial charge is 1.00 e. The van der Waals surface area contributed by atoms with Gasteiger partial charge in [0, 0.05) is 0 Å². The molecule has 7 heavy (non-hydrogen) atoms. The van der Waals surface area contributed by atoms with E-state index in [9.17, 15) is 10.2 Å². The molecule has 0 heterocycles. The van der Waals surface area contributed by atoms with E-state index in [1.807, 2.05) is 0 Å². The van der Waals surface area contributed by atoms with E-state index in [2.05, 4.69) is 12.6 Å². The minimum Gasteiger partial charge on any atom is -0.865 e. The molecule has 1 unspecified atom stereocenters. The third-order valence-corrected chi connectivity index (χ3v) is 0.744. The van der Waals surface area contributed by atoms with Crippen LogP contribution < -0.4 is 10.2 Å². The molecule has 0 amide bonds. The molecule has 0 aromatic rings. The van der Waals surface area contributed by atoms with Gasteiger partial charge in [-0.1, -0.05) is 13.3 Å². The van der Waals surface area contributed by atoms with Crippen LogP contribution in [-0.4, -0.2) is 11.5 Å². The Bertz CT molecular complexity index is 45.8. The predicted octanol–water partition coefficient (Wildman–Crippen LogP) is -1.03. The molecule has 0 aliphatic carbocycles. The lowest BCUT2D eigenvalue weighted by Gasteiger charge is -2.29. The predicted molar refractivity (Wildman–Crippen MR) is 29.1 cm³/mol. The summed E-state index contributed by atoms with van der Waals surface area (Å²) < 4.78 is 0. The zero-order valence-corrected chi connectivity index (χ0v) is 5.02. The molecule has 0 bridgehead atoms. The Balaban J connectivity index is -0.000000180. The molecule has 0 aromatic heterocycles. The summed E-state index contributed by atoms with van der Waals surface area (Å²) in [4.78, 5) is 0. The molecule has 0 spiro atoms. The molecule has 0 saturated heterocycles. The fourth-order valence-electron chi connectivity index (χ4n) is 0.279. The van der Waals surface area contributed by atoms with Crippen LogP contribution in [0.25, 0.3) is 0 Å². The lowest BCUT2D eigenvalue weighted by atomic mass is 10.3. The van der Waals surface area contributed by atoms with Crippen molar-refractivity contribution in [1.82, 2.24) is 0 Å². The van der Waals surface area contributed by atoms with E-state index in [0.29, 0.717) is 0 Å². The SMILES string of the molecule is CC(S)CC([O-])[O-].[H+].[H+]. The molecular weight excluding hydrogens is 112 g/mol. The van der Waals surface area contributed by atoms with Gasteiger partial charge in [-0.3, -0.25) is 0 Å². The molecular formula is C4H10O2S. The van der Waals surface area contributed by atoms with Gasteiger partial charge in [-0.2, -0.15) is 12.6 Å². The smallest absolute Gasteiger partial charge is 0.865 e. The maximum atomic E-state index is 9.73. The topological polar surface area (TPSA) is 46.1 Å². The Morgan fingerprint density at radius 3 is 2.14 bits per heavy atom. The van der Waals surface area contributed by atoms with E-state index in [-0.39, 0.29) is 14.5 Å². The van der Waals surface area contributed by atoms with Crippen molar-refractivity contribution in [3.63, 3.8) is 0 Å². The van der Waals surface area contributed by atoms with E-state index in [1.54, 1.807) is 6.92 Å². The molecule has 0 fully saturated rings. The molecule has 0 rings (SSSR count). The Morgan fingerprint density at radius 2 is 2.14 bits per heavy atom. The molecule has 44 valence electrons. The molecule has 0 aliphatic rings. The molecule has 0 saturated carbocycles. The fraction of sp³-hybridized carbons (Fsp3) is 1.00. The second-order valence-corrected chi connectivity index (χ2v) is 2.40. The monoisotopic (exact) mass is 122 g/mol. The molecule has 0 N–H and O–H groups in total. The van der Waals surface area contributed by atoms with Crippen LogP contribution in [0.15, 0.2) is 0 Å². The average Bonchev–Trinajstić information content (AvgIpc) is 1.27. The second kappa shape index (κ2) is 3.29. The molecule has 0 aliphatic heterocycles. The zero-order chi connectivity index (χ0) is 5.86. The third-order valence-electron chi connectivity index (χ3n) is 0.534. The highest BCUT2D eigenvalue weighted by Crippen LogP contribution is 1.97. The Hall–Kier alpha value is 0.270. The van der Waals surface area contributed by atoms with E-state index in [0.717, 1.165) is 0 Å². The summed E-state index contributed by atoms with van der Waals surface area (Å²) in [5.74, 6) is 0. The Kier molecular flexibility index (Phi) is 3.42. The first-order valence-electron chi connectivity index (χ1n) is 2.12. The lowest BCUT2D eigenvalue weighted by molar-refractivity contribution is -0.658. The van der Waals surface area contributed by atoms with Crippen molar-refractivity contribution in [2.24, 2.45) is 0 Å². The quantitative estimate of drug-likeness (QED) is 0.376. The number of hydrogen-bond donors (Lipinski definition) is 1. The minimum absolute atomic E-state index is 0. The molecule has 0 aromatic carbocycles. The van der Waals surface area contributed by atoms with Crippen LogP contribution in [0.4, 0.5) is 0 Å². The van der Waals surface area contributed by atoms with Crippen molar-refractivity contribution in [1.29, 1.82) is 0 Å². The summed E-state index contributed by atoms with van der Waals surface area (Å²) >= 11 is 3.84.